The van der Waals surface area contributed by atoms with Gasteiger partial charge >= 0.3 is 5.97 Å². The normalized spacial score (nSPS) is 24.8. The first-order valence-corrected chi connectivity index (χ1v) is 9.00. The topological polar surface area (TPSA) is 76.0 Å². The molecule has 5 heteroatoms. The summed E-state index contributed by atoms with van der Waals surface area (Å²) in [4.78, 5) is 30.3. The summed E-state index contributed by atoms with van der Waals surface area (Å²) < 4.78 is 5.25. The number of Topliss-reactive ketones (excluding diaryl/α,β-unsaturated/α-hetero) is 1. The fourth-order valence-corrected chi connectivity index (χ4v) is 4.15. The van der Waals surface area contributed by atoms with Crippen molar-refractivity contribution in [2.75, 3.05) is 6.61 Å². The first-order valence-electron chi connectivity index (χ1n) is 9.00. The van der Waals surface area contributed by atoms with E-state index in [1.165, 1.54) is 0 Å². The van der Waals surface area contributed by atoms with E-state index < -0.39 is 17.8 Å². The number of benzene rings is 1. The van der Waals surface area contributed by atoms with Gasteiger partial charge in [0.25, 0.3) is 0 Å². The largest absolute Gasteiger partial charge is 0.508 e. The third-order valence-electron chi connectivity index (χ3n) is 5.09. The van der Waals surface area contributed by atoms with Crippen LogP contribution in [0.15, 0.2) is 40.5 Å². The Kier molecular flexibility index (Phi) is 4.74. The molecule has 0 bridgehead atoms. The molecule has 0 spiro atoms. The molecule has 138 valence electrons. The summed E-state index contributed by atoms with van der Waals surface area (Å²) in [7, 11) is 0. The number of allylic oxidation sites excluding steroid dienone is 1. The predicted molar refractivity (Wildman–Crippen MR) is 99.1 cm³/mol. The van der Waals surface area contributed by atoms with Crippen molar-refractivity contribution >= 4 is 17.5 Å². The van der Waals surface area contributed by atoms with E-state index >= 15 is 0 Å². The molecule has 3 rings (SSSR count). The van der Waals surface area contributed by atoms with E-state index in [2.05, 4.69) is 18.8 Å². The summed E-state index contributed by atoms with van der Waals surface area (Å²) in [6.07, 6.45) is 1.16. The van der Waals surface area contributed by atoms with Crippen LogP contribution in [-0.2, 0) is 14.3 Å². The van der Waals surface area contributed by atoms with Gasteiger partial charge in [0.05, 0.1) is 18.1 Å². The van der Waals surface area contributed by atoms with Crippen LogP contribution in [0.3, 0.4) is 0 Å². The van der Waals surface area contributed by atoms with Crippen LogP contribution >= 0.6 is 0 Å². The minimum Gasteiger partial charge on any atom is -0.508 e. The Morgan fingerprint density at radius 2 is 2.04 bits per heavy atom. The molecule has 2 atom stereocenters. The molecule has 1 fully saturated rings. The van der Waals surface area contributed by atoms with Gasteiger partial charge in [-0.2, -0.15) is 0 Å². The predicted octanol–water partition coefficient (Wildman–Crippen LogP) is 3.77. The van der Waals surface area contributed by atoms with Crippen LogP contribution in [-0.4, -0.2) is 29.2 Å². The van der Waals surface area contributed by atoms with Crippen molar-refractivity contribution in [3.8, 4) is 5.75 Å². The van der Waals surface area contributed by atoms with Gasteiger partial charge in [0.1, 0.15) is 11.5 Å². The van der Waals surface area contributed by atoms with Crippen LogP contribution < -0.4 is 0 Å². The number of esters is 1. The summed E-state index contributed by atoms with van der Waals surface area (Å²) in [5.41, 5.74) is 2.42. The highest BCUT2D eigenvalue weighted by atomic mass is 16.5. The number of aromatic hydroxyl groups is 1. The SMILES string of the molecule is CCOC(=O)C1=C(C)N=C2CC(C)(C)CC(=O)C2C1c1cccc(O)c1. The van der Waals surface area contributed by atoms with E-state index in [9.17, 15) is 14.7 Å². The molecule has 1 saturated carbocycles. The molecule has 0 radical (unpaired) electrons. The van der Waals surface area contributed by atoms with Crippen LogP contribution in [0.25, 0.3) is 0 Å². The fraction of sp³-hybridized carbons (Fsp3) is 0.476. The molecule has 1 aliphatic carbocycles. The van der Waals surface area contributed by atoms with Gasteiger partial charge in [-0.25, -0.2) is 4.79 Å². The number of nitrogens with zero attached hydrogens (tertiary/aromatic N) is 1. The zero-order valence-corrected chi connectivity index (χ0v) is 15.7. The van der Waals surface area contributed by atoms with Crippen molar-refractivity contribution in [1.29, 1.82) is 0 Å². The van der Waals surface area contributed by atoms with Gasteiger partial charge < -0.3 is 9.84 Å². The first kappa shape index (κ1) is 18.4. The fourth-order valence-electron chi connectivity index (χ4n) is 4.15. The number of carbonyl (C=O) groups is 2. The highest BCUT2D eigenvalue weighted by Crippen LogP contribution is 2.47. The lowest BCUT2D eigenvalue weighted by atomic mass is 9.63. The van der Waals surface area contributed by atoms with Gasteiger partial charge in [0, 0.05) is 23.7 Å². The van der Waals surface area contributed by atoms with E-state index in [1.807, 2.05) is 6.07 Å². The number of phenolic OH excluding ortho intramolecular Hbond substituents is 1. The van der Waals surface area contributed by atoms with Gasteiger partial charge in [0.2, 0.25) is 0 Å². The highest BCUT2D eigenvalue weighted by Gasteiger charge is 2.47. The van der Waals surface area contributed by atoms with Gasteiger partial charge in [-0.15, -0.1) is 0 Å². The highest BCUT2D eigenvalue weighted by molar-refractivity contribution is 6.12. The lowest BCUT2D eigenvalue weighted by Gasteiger charge is -2.41. The summed E-state index contributed by atoms with van der Waals surface area (Å²) in [6, 6.07) is 6.76. The Balaban J connectivity index is 2.17. The number of hydrogen-bond donors (Lipinski definition) is 1. The molecule has 1 aromatic rings. The van der Waals surface area contributed by atoms with Crippen LogP contribution in [0.1, 0.15) is 52.0 Å². The zero-order chi connectivity index (χ0) is 19.1. The van der Waals surface area contributed by atoms with Crippen LogP contribution in [0, 0.1) is 11.3 Å². The monoisotopic (exact) mass is 355 g/mol. The van der Waals surface area contributed by atoms with Crippen LogP contribution in [0.5, 0.6) is 5.75 Å². The number of hydrogen-bond acceptors (Lipinski definition) is 5. The minimum absolute atomic E-state index is 0.0858. The van der Waals surface area contributed by atoms with Gasteiger partial charge in [-0.05, 0) is 43.4 Å². The third-order valence-corrected chi connectivity index (χ3v) is 5.09. The van der Waals surface area contributed by atoms with E-state index in [0.717, 1.165) is 11.3 Å². The number of ketones is 1. The van der Waals surface area contributed by atoms with Gasteiger partial charge in [-0.1, -0.05) is 26.0 Å². The maximum Gasteiger partial charge on any atom is 0.336 e. The van der Waals surface area contributed by atoms with Gasteiger partial charge in [-0.3, -0.25) is 9.79 Å². The number of rotatable bonds is 3. The van der Waals surface area contributed by atoms with Crippen molar-refractivity contribution in [3.05, 3.63) is 41.1 Å². The Morgan fingerprint density at radius 1 is 1.31 bits per heavy atom. The summed E-state index contributed by atoms with van der Waals surface area (Å²) >= 11 is 0. The number of aliphatic imine (C=N–C) groups is 1. The molecular formula is C21H25NO4. The number of phenols is 1. The molecular weight excluding hydrogens is 330 g/mol. The number of fused-ring (bicyclic) bond motifs is 1. The second kappa shape index (κ2) is 6.71. The average molecular weight is 355 g/mol. The minimum atomic E-state index is -0.479. The van der Waals surface area contributed by atoms with Crippen molar-refractivity contribution in [2.45, 2.75) is 46.5 Å². The molecule has 1 aliphatic heterocycles. The van der Waals surface area contributed by atoms with Gasteiger partial charge in [0.15, 0.2) is 0 Å². The van der Waals surface area contributed by atoms with E-state index in [4.69, 9.17) is 4.74 Å². The van der Waals surface area contributed by atoms with Crippen molar-refractivity contribution in [3.63, 3.8) is 0 Å². The number of ether oxygens (including phenoxy) is 1. The standard InChI is InChI=1S/C21H25NO4/c1-5-26-20(25)17-12(2)22-15-10-21(3,4)11-16(24)19(15)18(17)13-7-6-8-14(23)9-13/h6-9,18-19,23H,5,10-11H2,1-4H3. The smallest absolute Gasteiger partial charge is 0.336 e. The molecule has 1 aromatic carbocycles. The zero-order valence-electron chi connectivity index (χ0n) is 15.7. The quantitative estimate of drug-likeness (QED) is 0.837. The summed E-state index contributed by atoms with van der Waals surface area (Å²) in [5.74, 6) is -1.21. The summed E-state index contributed by atoms with van der Waals surface area (Å²) in [6.45, 7) is 7.92. The molecule has 0 saturated heterocycles. The Bertz CT molecular complexity index is 819. The maximum absolute atomic E-state index is 13.0. The second-order valence-electron chi connectivity index (χ2n) is 7.86. The molecule has 26 heavy (non-hydrogen) atoms. The Morgan fingerprint density at radius 3 is 2.69 bits per heavy atom. The molecule has 2 unspecified atom stereocenters. The molecule has 1 heterocycles. The van der Waals surface area contributed by atoms with E-state index in [0.29, 0.717) is 24.1 Å². The van der Waals surface area contributed by atoms with Crippen molar-refractivity contribution in [1.82, 2.24) is 0 Å². The van der Waals surface area contributed by atoms with Crippen molar-refractivity contribution < 1.29 is 19.4 Å². The average Bonchev–Trinajstić information content (AvgIpc) is 2.52. The van der Waals surface area contributed by atoms with Crippen LogP contribution in [0.4, 0.5) is 0 Å². The summed E-state index contributed by atoms with van der Waals surface area (Å²) in [5, 5.41) is 9.94. The lowest BCUT2D eigenvalue weighted by molar-refractivity contribution is -0.139. The van der Waals surface area contributed by atoms with E-state index in [1.54, 1.807) is 32.0 Å². The third kappa shape index (κ3) is 3.30. The Hall–Kier alpha value is -2.43. The Labute approximate surface area is 153 Å². The van der Waals surface area contributed by atoms with Crippen LogP contribution in [0.2, 0.25) is 0 Å². The lowest BCUT2D eigenvalue weighted by Crippen LogP contribution is -2.44. The maximum atomic E-state index is 13.0. The molecule has 0 amide bonds. The molecule has 5 nitrogen and oxygen atoms in total. The van der Waals surface area contributed by atoms with E-state index in [-0.39, 0.29) is 23.6 Å². The second-order valence-corrected chi connectivity index (χ2v) is 7.86. The number of carbonyl (C=O) groups excluding carboxylic acids is 2. The molecule has 2 aliphatic rings. The molecule has 0 aromatic heterocycles. The first-order chi connectivity index (χ1) is 12.2. The molecule has 1 N–H and O–H groups in total. The van der Waals surface area contributed by atoms with Crippen molar-refractivity contribution in [2.24, 2.45) is 16.3 Å².